The van der Waals surface area contributed by atoms with Crippen LogP contribution in [0.2, 0.25) is 0 Å². The van der Waals surface area contributed by atoms with Crippen LogP contribution in [0.1, 0.15) is 22.7 Å². The number of benzene rings is 1. The van der Waals surface area contributed by atoms with Gasteiger partial charge in [0.2, 0.25) is 5.91 Å². The normalized spacial score (nSPS) is 17.7. The molecule has 2 aromatic heterocycles. The van der Waals surface area contributed by atoms with Gasteiger partial charge in [-0.05, 0) is 51.0 Å². The Hall–Kier alpha value is -2.07. The van der Waals surface area contributed by atoms with Gasteiger partial charge in [0.15, 0.2) is 0 Å². The lowest BCUT2D eigenvalue weighted by molar-refractivity contribution is -0.120. The molecule has 0 spiro atoms. The summed E-state index contributed by atoms with van der Waals surface area (Å²) in [7, 11) is -3.55. The quantitative estimate of drug-likeness (QED) is 0.606. The minimum atomic E-state index is -3.55. The number of nitrogens with zero attached hydrogens (tertiary/aromatic N) is 2. The molecule has 9 heteroatoms. The molecular formula is C21H23N3O3S3. The zero-order valence-corrected chi connectivity index (χ0v) is 19.2. The molecule has 0 aliphatic carbocycles. The number of thiazole rings is 1. The van der Waals surface area contributed by atoms with E-state index < -0.39 is 10.0 Å². The van der Waals surface area contributed by atoms with E-state index >= 15 is 0 Å². The molecule has 1 aliphatic rings. The van der Waals surface area contributed by atoms with E-state index in [1.54, 1.807) is 17.4 Å². The van der Waals surface area contributed by atoms with E-state index in [2.05, 4.69) is 10.3 Å². The second-order valence-electron chi connectivity index (χ2n) is 7.39. The van der Waals surface area contributed by atoms with Crippen molar-refractivity contribution >= 4 is 44.3 Å². The zero-order chi connectivity index (χ0) is 21.3. The molecule has 1 saturated heterocycles. The molecule has 3 heterocycles. The van der Waals surface area contributed by atoms with Crippen molar-refractivity contribution in [2.75, 3.05) is 18.4 Å². The van der Waals surface area contributed by atoms with Gasteiger partial charge in [-0.25, -0.2) is 13.4 Å². The number of nitrogens with one attached hydrogen (secondary N) is 1. The molecule has 0 saturated carbocycles. The predicted molar refractivity (Wildman–Crippen MR) is 121 cm³/mol. The van der Waals surface area contributed by atoms with Gasteiger partial charge in [0.1, 0.15) is 4.21 Å². The molecule has 1 N–H and O–H groups in total. The van der Waals surface area contributed by atoms with Crippen molar-refractivity contribution in [2.45, 2.75) is 30.9 Å². The van der Waals surface area contributed by atoms with Crippen LogP contribution in [0.3, 0.4) is 0 Å². The fourth-order valence-corrected chi connectivity index (χ4v) is 7.10. The van der Waals surface area contributed by atoms with Crippen LogP contribution in [0.15, 0.2) is 46.0 Å². The van der Waals surface area contributed by atoms with Gasteiger partial charge in [0, 0.05) is 34.6 Å². The predicted octanol–water partition coefficient (Wildman–Crippen LogP) is 4.53. The number of aryl methyl sites for hydroxylation is 2. The summed E-state index contributed by atoms with van der Waals surface area (Å²) in [5.41, 5.74) is 2.62. The number of hydrogen-bond donors (Lipinski definition) is 1. The molecule has 1 aliphatic heterocycles. The topological polar surface area (TPSA) is 79.4 Å². The van der Waals surface area contributed by atoms with Crippen LogP contribution in [0.5, 0.6) is 0 Å². The first-order valence-electron chi connectivity index (χ1n) is 9.73. The van der Waals surface area contributed by atoms with E-state index in [0.29, 0.717) is 29.3 Å². The fraction of sp³-hybridized carbons (Fsp3) is 0.333. The number of anilines is 1. The van der Waals surface area contributed by atoms with Gasteiger partial charge in [0.25, 0.3) is 10.0 Å². The van der Waals surface area contributed by atoms with Crippen molar-refractivity contribution in [3.05, 3.63) is 51.7 Å². The molecule has 6 nitrogen and oxygen atoms in total. The summed E-state index contributed by atoms with van der Waals surface area (Å²) in [4.78, 5) is 18.2. The summed E-state index contributed by atoms with van der Waals surface area (Å²) in [6.45, 7) is 4.51. The molecule has 1 unspecified atom stereocenters. The van der Waals surface area contributed by atoms with E-state index in [9.17, 15) is 13.2 Å². The lowest BCUT2D eigenvalue weighted by Gasteiger charge is -2.30. The third-order valence-corrected chi connectivity index (χ3v) is 9.24. The zero-order valence-electron chi connectivity index (χ0n) is 16.8. The van der Waals surface area contributed by atoms with E-state index in [-0.39, 0.29) is 18.4 Å². The Labute approximate surface area is 184 Å². The van der Waals surface area contributed by atoms with Gasteiger partial charge in [-0.1, -0.05) is 12.1 Å². The van der Waals surface area contributed by atoms with E-state index in [4.69, 9.17) is 0 Å². The van der Waals surface area contributed by atoms with Crippen LogP contribution in [-0.4, -0.2) is 36.7 Å². The van der Waals surface area contributed by atoms with Crippen molar-refractivity contribution in [1.29, 1.82) is 0 Å². The van der Waals surface area contributed by atoms with Crippen LogP contribution < -0.4 is 5.32 Å². The monoisotopic (exact) mass is 461 g/mol. The summed E-state index contributed by atoms with van der Waals surface area (Å²) in [5.74, 6) is -0.509. The second kappa shape index (κ2) is 8.58. The number of piperidine rings is 1. The molecule has 0 radical (unpaired) electrons. The number of aromatic nitrogens is 1. The Morgan fingerprint density at radius 2 is 1.93 bits per heavy atom. The van der Waals surface area contributed by atoms with Gasteiger partial charge < -0.3 is 5.32 Å². The molecule has 1 fully saturated rings. The third kappa shape index (κ3) is 4.49. The first kappa shape index (κ1) is 21.2. The van der Waals surface area contributed by atoms with Crippen LogP contribution in [0.25, 0.3) is 11.3 Å². The lowest BCUT2D eigenvalue weighted by Crippen LogP contribution is -2.43. The minimum absolute atomic E-state index is 0.144. The van der Waals surface area contributed by atoms with Gasteiger partial charge in [-0.15, -0.1) is 22.7 Å². The maximum Gasteiger partial charge on any atom is 0.252 e. The molecule has 1 aromatic carbocycles. The highest BCUT2D eigenvalue weighted by molar-refractivity contribution is 7.91. The Kier molecular flexibility index (Phi) is 6.06. The maximum absolute atomic E-state index is 12.9. The summed E-state index contributed by atoms with van der Waals surface area (Å²) < 4.78 is 27.6. The smallest absolute Gasteiger partial charge is 0.252 e. The van der Waals surface area contributed by atoms with Crippen LogP contribution in [-0.2, 0) is 14.8 Å². The molecule has 1 atom stereocenters. The lowest BCUT2D eigenvalue weighted by atomic mass is 9.98. The van der Waals surface area contributed by atoms with Crippen molar-refractivity contribution in [3.8, 4) is 11.3 Å². The minimum Gasteiger partial charge on any atom is -0.326 e. The largest absolute Gasteiger partial charge is 0.326 e. The number of carbonyl (C=O) groups excluding carboxylic acids is 1. The molecule has 1 amide bonds. The van der Waals surface area contributed by atoms with Gasteiger partial charge in [-0.3, -0.25) is 4.79 Å². The molecule has 4 rings (SSSR count). The van der Waals surface area contributed by atoms with E-state index in [0.717, 1.165) is 21.1 Å². The molecular weight excluding hydrogens is 438 g/mol. The van der Waals surface area contributed by atoms with Gasteiger partial charge in [-0.2, -0.15) is 4.31 Å². The number of thiophene rings is 1. The summed E-state index contributed by atoms with van der Waals surface area (Å²) in [5, 5.41) is 5.96. The van der Waals surface area contributed by atoms with Crippen molar-refractivity contribution in [3.63, 3.8) is 0 Å². The Balaban J connectivity index is 1.42. The molecule has 30 heavy (non-hydrogen) atoms. The average molecular weight is 462 g/mol. The first-order valence-corrected chi connectivity index (χ1v) is 12.9. The fourth-order valence-electron chi connectivity index (χ4n) is 3.52. The number of hydrogen-bond acceptors (Lipinski definition) is 6. The molecule has 0 bridgehead atoms. The van der Waals surface area contributed by atoms with Crippen LogP contribution in [0, 0.1) is 19.8 Å². The van der Waals surface area contributed by atoms with Crippen molar-refractivity contribution in [1.82, 2.24) is 9.29 Å². The number of carbonyl (C=O) groups is 1. The van der Waals surface area contributed by atoms with Crippen molar-refractivity contribution < 1.29 is 13.2 Å². The Morgan fingerprint density at radius 3 is 2.57 bits per heavy atom. The van der Waals surface area contributed by atoms with Gasteiger partial charge in [0.05, 0.1) is 16.6 Å². The Bertz CT molecular complexity index is 1150. The summed E-state index contributed by atoms with van der Waals surface area (Å²) >= 11 is 2.87. The number of rotatable bonds is 5. The van der Waals surface area contributed by atoms with Gasteiger partial charge >= 0.3 is 0 Å². The number of amides is 1. The SMILES string of the molecule is Cc1ccc(S(=O)(=O)N2CCCC(C(=O)Nc3ccc(-c4csc(C)n4)cc3)C2)s1. The van der Waals surface area contributed by atoms with Crippen LogP contribution in [0.4, 0.5) is 5.69 Å². The van der Waals surface area contributed by atoms with Crippen molar-refractivity contribution in [2.24, 2.45) is 5.92 Å². The highest BCUT2D eigenvalue weighted by atomic mass is 32.2. The molecule has 158 valence electrons. The standard InChI is InChI=1S/C21H23N3O3S3/c1-14-5-10-20(29-14)30(26,27)24-11-3-4-17(12-24)21(25)23-18-8-6-16(7-9-18)19-13-28-15(2)22-19/h5-10,13,17H,3-4,11-12H2,1-2H3,(H,23,25). The molecule has 3 aromatic rings. The van der Waals surface area contributed by atoms with E-state index in [1.165, 1.54) is 15.6 Å². The van der Waals surface area contributed by atoms with Crippen LogP contribution >= 0.6 is 22.7 Å². The number of sulfonamides is 1. The average Bonchev–Trinajstić information content (AvgIpc) is 3.37. The van der Waals surface area contributed by atoms with E-state index in [1.807, 2.05) is 49.6 Å². The summed E-state index contributed by atoms with van der Waals surface area (Å²) in [6, 6.07) is 11.0. The maximum atomic E-state index is 12.9. The Morgan fingerprint density at radius 1 is 1.17 bits per heavy atom. The highest BCUT2D eigenvalue weighted by Gasteiger charge is 2.34. The third-order valence-electron chi connectivity index (χ3n) is 5.13. The highest BCUT2D eigenvalue weighted by Crippen LogP contribution is 2.29. The first-order chi connectivity index (χ1) is 14.3. The summed E-state index contributed by atoms with van der Waals surface area (Å²) in [6.07, 6.45) is 1.35. The second-order valence-corrected chi connectivity index (χ2v) is 11.9.